The van der Waals surface area contributed by atoms with Crippen molar-refractivity contribution in [2.24, 2.45) is 0 Å². The van der Waals surface area contributed by atoms with Gasteiger partial charge in [0.1, 0.15) is 0 Å². The predicted molar refractivity (Wildman–Crippen MR) is 309 cm³/mol. The number of carboxylic acids is 3. The Labute approximate surface area is 576 Å². The number of hydrogen-bond acceptors (Lipinski definition) is 15. The van der Waals surface area contributed by atoms with Crippen LogP contribution in [0.2, 0.25) is 0 Å². The molecule has 0 unspecified atom stereocenters. The molecule has 11 rings (SSSR count). The number of benzene rings is 5. The van der Waals surface area contributed by atoms with E-state index in [2.05, 4.69) is 29.9 Å². The number of rotatable bonds is 12. The van der Waals surface area contributed by atoms with Gasteiger partial charge in [0.25, 0.3) is 0 Å². The number of pyridine rings is 6. The Kier molecular flexibility index (Phi) is 38.6. The summed E-state index contributed by atoms with van der Waals surface area (Å²) < 4.78 is 0. The second-order valence-corrected chi connectivity index (χ2v) is 18.4. The number of carboxylic acid groups (broad SMARTS) is 3. The standard InChI is InChI=1S/C57H39N6O3.C6H6.3C2H4O2.3Mn.4O.Zn/c64-55(49-25-7-13-31-58-49,50-26-8-14-32-59-50)46-22-4-1-19-43(46)40-37-41(44-20-2-5-23-47(44)56(65,51-27-9-15-33-60-51)52-28-10-16-34-61-52)39-42(38-40)45-21-3-6-24-48(45)57(66,53-29-11-17-35-62-53)54-30-12-18-36-63-54;1-2-4-6-5-3-1;3*1-2(3)4;;;;;;;;/h1-39H;1-6H;3*1H3,(H,3,4);;;;;;;;/q-3;;;;;;;;4*-2;+2/p-3. The number of aromatic nitrogens is 6. The van der Waals surface area contributed by atoms with Gasteiger partial charge in [-0.2, -0.15) is 0 Å². The van der Waals surface area contributed by atoms with Crippen LogP contribution in [0.5, 0.6) is 0 Å². The fraction of sp³-hybridized carbons (Fsp3) is 0.0870. The van der Waals surface area contributed by atoms with Gasteiger partial charge in [0, 0.05) is 157 Å². The van der Waals surface area contributed by atoms with Crippen LogP contribution in [0.4, 0.5) is 0 Å². The summed E-state index contributed by atoms with van der Waals surface area (Å²) in [5.74, 6) is -3.25. The molecule has 19 nitrogen and oxygen atoms in total. The Morgan fingerprint density at radius 1 is 0.283 bits per heavy atom. The van der Waals surface area contributed by atoms with Crippen molar-refractivity contribution in [2.75, 3.05) is 0 Å². The van der Waals surface area contributed by atoms with Crippen LogP contribution in [0.1, 0.15) is 71.6 Å². The van der Waals surface area contributed by atoms with Crippen LogP contribution in [-0.2, 0) is 124 Å². The normalized spacial score (nSPS) is 9.85. The first-order valence-corrected chi connectivity index (χ1v) is 26.2. The fourth-order valence-electron chi connectivity index (χ4n) is 9.25. The second-order valence-electron chi connectivity index (χ2n) is 18.4. The van der Waals surface area contributed by atoms with Gasteiger partial charge in [-0.1, -0.05) is 146 Å². The number of carbonyl (C=O) groups excluding carboxylic acids is 3. The second kappa shape index (κ2) is 41.6. The van der Waals surface area contributed by atoms with E-state index in [1.807, 2.05) is 127 Å². The van der Waals surface area contributed by atoms with E-state index in [1.54, 1.807) is 146 Å². The minimum absolute atomic E-state index is 0. The maximum atomic E-state index is 16.0. The van der Waals surface area contributed by atoms with Crippen molar-refractivity contribution in [1.82, 2.24) is 29.9 Å². The molecule has 0 fully saturated rings. The molecule has 23 heteroatoms. The van der Waals surface area contributed by atoms with Crippen LogP contribution in [0, 0.1) is 0 Å². The van der Waals surface area contributed by atoms with E-state index in [9.17, 15) is 0 Å². The van der Waals surface area contributed by atoms with E-state index in [0.717, 1.165) is 20.8 Å². The minimum atomic E-state index is -2.06. The van der Waals surface area contributed by atoms with E-state index in [1.165, 1.54) is 0 Å². The zero-order valence-corrected chi connectivity index (χ0v) is 55.8. The zero-order chi connectivity index (χ0) is 60.0. The fourth-order valence-corrected chi connectivity index (χ4v) is 9.25. The molecule has 6 heterocycles. The first-order chi connectivity index (χ1) is 40.6. The Bertz CT molecular complexity index is 3340. The van der Waals surface area contributed by atoms with Crippen molar-refractivity contribution in [3.05, 3.63) is 325 Å². The summed E-state index contributed by atoms with van der Waals surface area (Å²) in [6.45, 7) is 2.92. The summed E-state index contributed by atoms with van der Waals surface area (Å²) in [5.41, 5.74) is 0.425. The van der Waals surface area contributed by atoms with Crippen LogP contribution < -0.4 is 30.6 Å². The molecule has 0 aliphatic carbocycles. The maximum Gasteiger partial charge on any atom is 2.00 e. The molecule has 0 saturated heterocycles. The van der Waals surface area contributed by atoms with Gasteiger partial charge in [-0.25, -0.2) is 0 Å². The van der Waals surface area contributed by atoms with E-state index in [4.69, 9.17) is 29.7 Å². The number of carbonyl (C=O) groups is 3. The average Bonchev–Trinajstić information content (AvgIpc) is 0.757. The minimum Gasteiger partial charge on any atom is -2.00 e. The summed E-state index contributed by atoms with van der Waals surface area (Å²) in [6, 6.07) is 72.1. The summed E-state index contributed by atoms with van der Waals surface area (Å²) in [7, 11) is 0. The first-order valence-electron chi connectivity index (χ1n) is 26.2. The van der Waals surface area contributed by atoms with Crippen LogP contribution in [-0.4, -0.2) is 47.8 Å². The molecule has 0 atom stereocenters. The molecule has 11 aromatic rings. The number of aliphatic carboxylic acids is 3. The van der Waals surface area contributed by atoms with Crippen LogP contribution in [0.25, 0.3) is 33.4 Å². The number of hydrogen-bond donors (Lipinski definition) is 0. The van der Waals surface area contributed by atoms with E-state index < -0.39 is 34.7 Å². The van der Waals surface area contributed by atoms with Crippen molar-refractivity contribution in [2.45, 2.75) is 37.6 Å². The summed E-state index contributed by atoms with van der Waals surface area (Å²) in [5, 5.41) is 74.6. The van der Waals surface area contributed by atoms with Gasteiger partial charge in [0.2, 0.25) is 0 Å². The van der Waals surface area contributed by atoms with Gasteiger partial charge < -0.3 is 66.9 Å². The number of nitrogens with zero attached hydrogens (tertiary/aromatic N) is 6. The molecule has 0 saturated carbocycles. The van der Waals surface area contributed by atoms with Gasteiger partial charge in [-0.05, 0) is 162 Å². The average molecular weight is 1410 g/mol. The van der Waals surface area contributed by atoms with Crippen molar-refractivity contribution < 1.29 is 138 Å². The third kappa shape index (κ3) is 21.5. The van der Waals surface area contributed by atoms with Gasteiger partial charge in [0.05, 0.1) is 0 Å². The molecule has 3 radical (unpaired) electrons. The predicted octanol–water partition coefficient (Wildman–Crippen LogP) is 5.48. The molecule has 0 aliphatic heterocycles. The monoisotopic (exact) mass is 1400 g/mol. The molecule has 92 heavy (non-hydrogen) atoms. The molecular weight excluding hydrogens is 1350 g/mol. The molecule has 0 bridgehead atoms. The van der Waals surface area contributed by atoms with Gasteiger partial charge in [-0.15, -0.1) is 0 Å². The topological polar surface area (TPSA) is 381 Å². The quantitative estimate of drug-likeness (QED) is 0.137. The molecule has 0 N–H and O–H groups in total. The van der Waals surface area contributed by atoms with Gasteiger partial charge >= 0.3 is 19.5 Å². The third-order valence-electron chi connectivity index (χ3n) is 12.6. The molecule has 5 aromatic carbocycles. The summed E-state index contributed by atoms with van der Waals surface area (Å²) in [4.78, 5) is 54.4. The Morgan fingerprint density at radius 2 is 0.435 bits per heavy atom. The molecule has 0 aliphatic rings. The van der Waals surface area contributed by atoms with Crippen molar-refractivity contribution in [3.63, 3.8) is 0 Å². The molecule has 473 valence electrons. The molecular formula is C69H54Mn3N6O13Zn-12. The molecule has 6 aromatic heterocycles. The van der Waals surface area contributed by atoms with Crippen LogP contribution in [0.15, 0.2) is 274 Å². The van der Waals surface area contributed by atoms with Crippen LogP contribution >= 0.6 is 0 Å². The largest absolute Gasteiger partial charge is 2.00 e. The Hall–Kier alpha value is -8.69. The van der Waals surface area contributed by atoms with Crippen molar-refractivity contribution in [1.29, 1.82) is 0 Å². The smallest absolute Gasteiger partial charge is 2.00 e. The summed E-state index contributed by atoms with van der Waals surface area (Å²) in [6.07, 6.45) is 9.65. The third-order valence-corrected chi connectivity index (χ3v) is 12.6. The summed E-state index contributed by atoms with van der Waals surface area (Å²) >= 11 is 0. The van der Waals surface area contributed by atoms with Crippen molar-refractivity contribution >= 4 is 17.9 Å². The Morgan fingerprint density at radius 3 is 0.587 bits per heavy atom. The molecule has 0 spiro atoms. The van der Waals surface area contributed by atoms with Gasteiger partial charge in [0.15, 0.2) is 0 Å². The first kappa shape index (κ1) is 85.4. The van der Waals surface area contributed by atoms with Crippen molar-refractivity contribution in [3.8, 4) is 33.4 Å². The SMILES string of the molecule is CC(=O)[O-].CC(=O)[O-].CC(=O)[O-].[Mn].[Mn].[Mn].[O-2].[O-2].[O-2].[O-2].[O-]C(c1ccccn1)(c1ccccn1)c1ccccc1-c1cc(-c2ccccc2C([O-])(c2ccccn2)c2ccccn2)cc(-c2ccccc2C([O-])(c2ccccn2)c2ccccn2)c1.[Zn+2].c1ccccc1. The molecule has 0 amide bonds. The van der Waals surface area contributed by atoms with E-state index >= 15 is 15.3 Å². The van der Waals surface area contributed by atoms with E-state index in [0.29, 0.717) is 50.1 Å². The maximum absolute atomic E-state index is 16.0. The zero-order valence-electron chi connectivity index (χ0n) is 49.3. The van der Waals surface area contributed by atoms with E-state index in [-0.39, 0.29) is 127 Å². The van der Waals surface area contributed by atoms with Crippen LogP contribution in [0.3, 0.4) is 0 Å². The Balaban J connectivity index is 0. The van der Waals surface area contributed by atoms with Gasteiger partial charge in [-0.3, -0.25) is 29.9 Å².